The van der Waals surface area contributed by atoms with E-state index in [9.17, 15) is 8.42 Å². The van der Waals surface area contributed by atoms with Gasteiger partial charge in [0.15, 0.2) is 0 Å². The Bertz CT molecular complexity index is 741. The topological polar surface area (TPSA) is 49.4 Å². The molecule has 0 aromatic heterocycles. The van der Waals surface area contributed by atoms with Crippen LogP contribution in [0.4, 0.5) is 11.4 Å². The second-order valence-corrected chi connectivity index (χ2v) is 6.53. The zero-order valence-electron chi connectivity index (χ0n) is 11.2. The van der Waals surface area contributed by atoms with Crippen LogP contribution in [0.15, 0.2) is 53.4 Å². The molecule has 0 aliphatic carbocycles. The van der Waals surface area contributed by atoms with Crippen molar-refractivity contribution in [2.75, 3.05) is 23.2 Å². The van der Waals surface area contributed by atoms with Gasteiger partial charge in [-0.3, -0.25) is 4.31 Å². The first-order valence-corrected chi connectivity index (χ1v) is 7.96. The van der Waals surface area contributed by atoms with Crippen LogP contribution in [-0.2, 0) is 16.4 Å². The summed E-state index contributed by atoms with van der Waals surface area (Å²) in [5.74, 6) is 0. The fourth-order valence-electron chi connectivity index (χ4n) is 2.57. The van der Waals surface area contributed by atoms with E-state index >= 15 is 0 Å². The summed E-state index contributed by atoms with van der Waals surface area (Å²) in [7, 11) is -1.80. The Hall–Kier alpha value is -2.01. The van der Waals surface area contributed by atoms with E-state index in [2.05, 4.69) is 5.32 Å². The Balaban J connectivity index is 2.10. The molecule has 5 heteroatoms. The predicted octanol–water partition coefficient (Wildman–Crippen LogP) is 2.48. The molecule has 0 fully saturated rings. The van der Waals surface area contributed by atoms with Crippen molar-refractivity contribution in [3.05, 3.63) is 54.1 Å². The lowest BCUT2D eigenvalue weighted by molar-refractivity contribution is 0.592. The molecule has 0 saturated heterocycles. The monoisotopic (exact) mass is 288 g/mol. The van der Waals surface area contributed by atoms with Crippen LogP contribution >= 0.6 is 0 Å². The highest BCUT2D eigenvalue weighted by Crippen LogP contribution is 2.34. The Morgan fingerprint density at radius 1 is 1.05 bits per heavy atom. The van der Waals surface area contributed by atoms with Gasteiger partial charge in [0.25, 0.3) is 10.0 Å². The molecule has 0 bridgehead atoms. The van der Waals surface area contributed by atoms with Crippen molar-refractivity contribution in [3.63, 3.8) is 0 Å². The van der Waals surface area contributed by atoms with Crippen molar-refractivity contribution in [1.29, 1.82) is 0 Å². The van der Waals surface area contributed by atoms with E-state index in [1.807, 2.05) is 30.3 Å². The third kappa shape index (κ3) is 1.94. The number of sulfonamides is 1. The van der Waals surface area contributed by atoms with Gasteiger partial charge in [0.2, 0.25) is 0 Å². The van der Waals surface area contributed by atoms with Crippen LogP contribution < -0.4 is 9.62 Å². The van der Waals surface area contributed by atoms with Crippen LogP contribution in [0.5, 0.6) is 0 Å². The van der Waals surface area contributed by atoms with Gasteiger partial charge in [-0.1, -0.05) is 30.3 Å². The van der Waals surface area contributed by atoms with Crippen molar-refractivity contribution < 1.29 is 8.42 Å². The fourth-order valence-corrected chi connectivity index (χ4v) is 4.28. The van der Waals surface area contributed by atoms with E-state index in [4.69, 9.17) is 0 Å². The van der Waals surface area contributed by atoms with Gasteiger partial charge >= 0.3 is 0 Å². The SMILES string of the molecule is CNc1ccccc1S(=O)(=O)N1CCc2ccccc21. The van der Waals surface area contributed by atoms with E-state index in [1.165, 1.54) is 4.31 Å². The zero-order chi connectivity index (χ0) is 14.2. The number of benzene rings is 2. The molecule has 0 unspecified atom stereocenters. The summed E-state index contributed by atoms with van der Waals surface area (Å²) in [6.07, 6.45) is 0.761. The molecule has 0 amide bonds. The van der Waals surface area contributed by atoms with Gasteiger partial charge in [-0.2, -0.15) is 0 Å². The van der Waals surface area contributed by atoms with E-state index in [-0.39, 0.29) is 0 Å². The molecule has 2 aromatic carbocycles. The third-order valence-corrected chi connectivity index (χ3v) is 5.44. The molecule has 1 N–H and O–H groups in total. The number of hydrogen-bond donors (Lipinski definition) is 1. The number of rotatable bonds is 3. The molecule has 4 nitrogen and oxygen atoms in total. The summed E-state index contributed by atoms with van der Waals surface area (Å²) < 4.78 is 27.2. The fraction of sp³-hybridized carbons (Fsp3) is 0.200. The average Bonchev–Trinajstić information content (AvgIpc) is 2.92. The lowest BCUT2D eigenvalue weighted by atomic mass is 10.2. The van der Waals surface area contributed by atoms with Crippen LogP contribution in [0.3, 0.4) is 0 Å². The highest BCUT2D eigenvalue weighted by molar-refractivity contribution is 7.93. The van der Waals surface area contributed by atoms with E-state index in [0.717, 1.165) is 17.7 Å². The van der Waals surface area contributed by atoms with Crippen molar-refractivity contribution in [3.8, 4) is 0 Å². The molecule has 0 spiro atoms. The first kappa shape index (κ1) is 13.0. The second-order valence-electron chi connectivity index (χ2n) is 4.70. The van der Waals surface area contributed by atoms with Crippen molar-refractivity contribution in [2.24, 2.45) is 0 Å². The van der Waals surface area contributed by atoms with E-state index in [0.29, 0.717) is 17.1 Å². The molecule has 3 rings (SSSR count). The first-order valence-electron chi connectivity index (χ1n) is 6.52. The van der Waals surface area contributed by atoms with Crippen molar-refractivity contribution in [1.82, 2.24) is 0 Å². The van der Waals surface area contributed by atoms with Gasteiger partial charge < -0.3 is 5.32 Å². The van der Waals surface area contributed by atoms with Gasteiger partial charge in [0.1, 0.15) is 4.90 Å². The molecule has 20 heavy (non-hydrogen) atoms. The minimum atomic E-state index is -3.52. The highest BCUT2D eigenvalue weighted by Gasteiger charge is 2.31. The predicted molar refractivity (Wildman–Crippen MR) is 80.7 cm³/mol. The first-order chi connectivity index (χ1) is 9.64. The van der Waals surface area contributed by atoms with E-state index in [1.54, 1.807) is 25.2 Å². The Morgan fingerprint density at radius 2 is 1.75 bits per heavy atom. The number of para-hydroxylation sites is 2. The minimum Gasteiger partial charge on any atom is -0.387 e. The van der Waals surface area contributed by atoms with Crippen molar-refractivity contribution in [2.45, 2.75) is 11.3 Å². The molecule has 2 aromatic rings. The zero-order valence-corrected chi connectivity index (χ0v) is 12.0. The summed E-state index contributed by atoms with van der Waals surface area (Å²) in [5, 5.41) is 2.94. The largest absolute Gasteiger partial charge is 0.387 e. The number of hydrogen-bond acceptors (Lipinski definition) is 3. The second kappa shape index (κ2) is 4.83. The standard InChI is InChI=1S/C15H16N2O2S/c1-16-13-7-3-5-9-15(13)20(18,19)17-11-10-12-6-2-4-8-14(12)17/h2-9,16H,10-11H2,1H3. The lowest BCUT2D eigenvalue weighted by Crippen LogP contribution is -2.29. The summed E-state index contributed by atoms with van der Waals surface area (Å²) in [6.45, 7) is 0.500. The van der Waals surface area contributed by atoms with Crippen molar-refractivity contribution >= 4 is 21.4 Å². The maximum atomic E-state index is 12.9. The van der Waals surface area contributed by atoms with Crippen LogP contribution in [0.25, 0.3) is 0 Å². The van der Waals surface area contributed by atoms with Gasteiger partial charge in [0.05, 0.1) is 11.4 Å². The number of anilines is 2. The average molecular weight is 288 g/mol. The number of nitrogens with one attached hydrogen (secondary N) is 1. The molecule has 0 atom stereocenters. The number of nitrogens with zero attached hydrogens (tertiary/aromatic N) is 1. The van der Waals surface area contributed by atoms with Gasteiger partial charge in [-0.15, -0.1) is 0 Å². The lowest BCUT2D eigenvalue weighted by Gasteiger charge is -2.21. The third-order valence-electron chi connectivity index (χ3n) is 3.57. The molecule has 104 valence electrons. The maximum absolute atomic E-state index is 12.9. The van der Waals surface area contributed by atoms with Crippen LogP contribution in [0, 0.1) is 0 Å². The molecule has 0 radical (unpaired) electrons. The minimum absolute atomic E-state index is 0.319. The molecule has 0 saturated carbocycles. The summed E-state index contributed by atoms with van der Waals surface area (Å²) >= 11 is 0. The molecular weight excluding hydrogens is 272 g/mol. The molecular formula is C15H16N2O2S. The number of fused-ring (bicyclic) bond motifs is 1. The molecule has 1 heterocycles. The Labute approximate surface area is 119 Å². The normalized spacial score (nSPS) is 14.2. The van der Waals surface area contributed by atoms with Gasteiger partial charge in [-0.05, 0) is 30.2 Å². The molecule has 1 aliphatic heterocycles. The van der Waals surface area contributed by atoms with Crippen LogP contribution in [-0.4, -0.2) is 22.0 Å². The quantitative estimate of drug-likeness (QED) is 0.944. The van der Waals surface area contributed by atoms with Gasteiger partial charge in [-0.25, -0.2) is 8.42 Å². The molecule has 1 aliphatic rings. The summed E-state index contributed by atoms with van der Waals surface area (Å²) in [4.78, 5) is 0.319. The smallest absolute Gasteiger partial charge is 0.266 e. The van der Waals surface area contributed by atoms with Crippen LogP contribution in [0.2, 0.25) is 0 Å². The maximum Gasteiger partial charge on any atom is 0.266 e. The summed E-state index contributed by atoms with van der Waals surface area (Å²) in [5.41, 5.74) is 2.49. The van der Waals surface area contributed by atoms with Gasteiger partial charge in [0, 0.05) is 13.6 Å². The Kier molecular flexibility index (Phi) is 3.14. The summed E-state index contributed by atoms with van der Waals surface area (Å²) in [6, 6.07) is 14.6. The van der Waals surface area contributed by atoms with E-state index < -0.39 is 10.0 Å². The van der Waals surface area contributed by atoms with Crippen LogP contribution in [0.1, 0.15) is 5.56 Å². The highest BCUT2D eigenvalue weighted by atomic mass is 32.2. The Morgan fingerprint density at radius 3 is 2.55 bits per heavy atom.